The van der Waals surface area contributed by atoms with Gasteiger partial charge in [-0.15, -0.1) is 0 Å². The van der Waals surface area contributed by atoms with Gasteiger partial charge in [-0.2, -0.15) is 0 Å². The normalized spacial score (nSPS) is 24.2. The summed E-state index contributed by atoms with van der Waals surface area (Å²) in [6, 6.07) is 0. The Labute approximate surface area is 68.5 Å². The number of hydrogen-bond acceptors (Lipinski definition) is 0. The molecule has 0 amide bonds. The van der Waals surface area contributed by atoms with E-state index < -0.39 is 5.67 Å². The highest BCUT2D eigenvalue weighted by molar-refractivity contribution is 5.09. The highest BCUT2D eigenvalue weighted by Crippen LogP contribution is 2.35. The quantitative estimate of drug-likeness (QED) is 0.402. The van der Waals surface area contributed by atoms with Crippen LogP contribution in [0.3, 0.4) is 0 Å². The Balaban J connectivity index is 2.59. The molecule has 1 heteroatoms. The second-order valence-corrected chi connectivity index (χ2v) is 3.66. The molecule has 0 aromatic carbocycles. The first-order valence-corrected chi connectivity index (χ1v) is 4.50. The summed E-state index contributed by atoms with van der Waals surface area (Å²) in [5.41, 5.74) is -0.310. The second-order valence-electron chi connectivity index (χ2n) is 3.66. The SMILES string of the molecule is C=C(C)C1(F)CCCCCC1. The van der Waals surface area contributed by atoms with Crippen LogP contribution in [0.5, 0.6) is 0 Å². The van der Waals surface area contributed by atoms with Gasteiger partial charge in [-0.1, -0.05) is 19.4 Å². The van der Waals surface area contributed by atoms with E-state index in [-0.39, 0.29) is 0 Å². The molecule has 1 fully saturated rings. The van der Waals surface area contributed by atoms with Crippen molar-refractivity contribution in [2.24, 2.45) is 0 Å². The van der Waals surface area contributed by atoms with Crippen LogP contribution in [0.15, 0.2) is 12.2 Å². The summed E-state index contributed by atoms with van der Waals surface area (Å²) >= 11 is 0. The summed E-state index contributed by atoms with van der Waals surface area (Å²) < 4.78 is 13.9. The largest absolute Gasteiger partial charge is 0.239 e. The van der Waals surface area contributed by atoms with Crippen molar-refractivity contribution in [2.45, 2.75) is 51.1 Å². The Bertz CT molecular complexity index is 141. The van der Waals surface area contributed by atoms with Gasteiger partial charge < -0.3 is 0 Å². The third-order valence-electron chi connectivity index (χ3n) is 2.66. The number of halogens is 1. The van der Waals surface area contributed by atoms with E-state index in [9.17, 15) is 4.39 Å². The molecule has 0 saturated heterocycles. The minimum Gasteiger partial charge on any atom is -0.239 e. The summed E-state index contributed by atoms with van der Waals surface area (Å²) in [7, 11) is 0. The van der Waals surface area contributed by atoms with E-state index in [4.69, 9.17) is 0 Å². The van der Waals surface area contributed by atoms with E-state index in [1.807, 2.05) is 6.92 Å². The highest BCUT2D eigenvalue weighted by Gasteiger charge is 2.30. The molecule has 0 bridgehead atoms. The first-order chi connectivity index (χ1) is 5.15. The van der Waals surface area contributed by atoms with E-state index in [1.54, 1.807) is 0 Å². The number of allylic oxidation sites excluding steroid dienone is 1. The van der Waals surface area contributed by atoms with Gasteiger partial charge in [0.25, 0.3) is 0 Å². The lowest BCUT2D eigenvalue weighted by Crippen LogP contribution is -2.22. The molecule has 0 radical (unpaired) electrons. The first-order valence-electron chi connectivity index (χ1n) is 4.50. The van der Waals surface area contributed by atoms with E-state index in [0.29, 0.717) is 12.8 Å². The average molecular weight is 156 g/mol. The minimum absolute atomic E-state index is 0.697. The maximum absolute atomic E-state index is 13.9. The molecule has 1 saturated carbocycles. The lowest BCUT2D eigenvalue weighted by atomic mass is 9.90. The zero-order chi connectivity index (χ0) is 8.32. The van der Waals surface area contributed by atoms with Crippen molar-refractivity contribution < 1.29 is 4.39 Å². The van der Waals surface area contributed by atoms with Crippen LogP contribution in [0.25, 0.3) is 0 Å². The number of hydrogen-bond donors (Lipinski definition) is 0. The van der Waals surface area contributed by atoms with Crippen LogP contribution >= 0.6 is 0 Å². The number of rotatable bonds is 1. The first kappa shape index (κ1) is 8.76. The molecule has 0 unspecified atom stereocenters. The second kappa shape index (κ2) is 3.38. The molecule has 1 rings (SSSR count). The maximum atomic E-state index is 13.9. The third kappa shape index (κ3) is 2.05. The van der Waals surface area contributed by atoms with Crippen molar-refractivity contribution in [2.75, 3.05) is 0 Å². The van der Waals surface area contributed by atoms with Gasteiger partial charge in [0.2, 0.25) is 0 Å². The standard InChI is InChI=1S/C10H17F/c1-9(2)10(11)7-5-3-4-6-8-10/h1,3-8H2,2H3. The fourth-order valence-electron chi connectivity index (χ4n) is 1.72. The van der Waals surface area contributed by atoms with Crippen LogP contribution in [0.2, 0.25) is 0 Å². The van der Waals surface area contributed by atoms with Crippen LogP contribution in [-0.2, 0) is 0 Å². The fraction of sp³-hybridized carbons (Fsp3) is 0.800. The van der Waals surface area contributed by atoms with Gasteiger partial charge >= 0.3 is 0 Å². The van der Waals surface area contributed by atoms with Crippen LogP contribution in [-0.4, -0.2) is 5.67 Å². The molecule has 1 aliphatic carbocycles. The Morgan fingerprint density at radius 2 is 1.64 bits per heavy atom. The fourth-order valence-corrected chi connectivity index (χ4v) is 1.72. The number of alkyl halides is 1. The van der Waals surface area contributed by atoms with Crippen LogP contribution in [0.4, 0.5) is 4.39 Å². The van der Waals surface area contributed by atoms with Gasteiger partial charge in [0.05, 0.1) is 0 Å². The van der Waals surface area contributed by atoms with Crippen LogP contribution in [0, 0.1) is 0 Å². The molecule has 0 atom stereocenters. The summed E-state index contributed by atoms with van der Waals surface area (Å²) in [6.45, 7) is 5.53. The van der Waals surface area contributed by atoms with Crippen molar-refractivity contribution in [3.05, 3.63) is 12.2 Å². The third-order valence-corrected chi connectivity index (χ3v) is 2.66. The lowest BCUT2D eigenvalue weighted by molar-refractivity contribution is 0.186. The summed E-state index contributed by atoms with van der Waals surface area (Å²) in [6.07, 6.45) is 5.84. The summed E-state index contributed by atoms with van der Waals surface area (Å²) in [4.78, 5) is 0. The van der Waals surface area contributed by atoms with Gasteiger partial charge in [0, 0.05) is 0 Å². The Kier molecular flexibility index (Phi) is 2.69. The molecule has 64 valence electrons. The molecule has 0 N–H and O–H groups in total. The van der Waals surface area contributed by atoms with Crippen molar-refractivity contribution in [1.82, 2.24) is 0 Å². The van der Waals surface area contributed by atoms with Gasteiger partial charge in [-0.05, 0) is 38.2 Å². The molecular weight excluding hydrogens is 139 g/mol. The smallest absolute Gasteiger partial charge is 0.131 e. The van der Waals surface area contributed by atoms with Gasteiger partial charge in [0.15, 0.2) is 0 Å². The lowest BCUT2D eigenvalue weighted by Gasteiger charge is -2.23. The topological polar surface area (TPSA) is 0 Å². The summed E-state index contributed by atoms with van der Waals surface area (Å²) in [5, 5.41) is 0. The molecule has 0 aromatic rings. The minimum atomic E-state index is -1.03. The van der Waals surface area contributed by atoms with Crippen LogP contribution < -0.4 is 0 Å². The molecule has 0 aliphatic heterocycles. The molecule has 1 aliphatic rings. The van der Waals surface area contributed by atoms with Gasteiger partial charge in [-0.3, -0.25) is 0 Å². The predicted molar refractivity (Wildman–Crippen MR) is 46.4 cm³/mol. The molecular formula is C10H17F. The predicted octanol–water partition coefficient (Wildman–Crippen LogP) is 3.63. The zero-order valence-corrected chi connectivity index (χ0v) is 7.33. The molecule has 0 heterocycles. The maximum Gasteiger partial charge on any atom is 0.131 e. The molecule has 0 nitrogen and oxygen atoms in total. The Morgan fingerprint density at radius 1 is 1.18 bits per heavy atom. The van der Waals surface area contributed by atoms with Gasteiger partial charge in [0.1, 0.15) is 5.67 Å². The van der Waals surface area contributed by atoms with E-state index in [0.717, 1.165) is 18.4 Å². The van der Waals surface area contributed by atoms with E-state index in [1.165, 1.54) is 12.8 Å². The van der Waals surface area contributed by atoms with Gasteiger partial charge in [-0.25, -0.2) is 4.39 Å². The van der Waals surface area contributed by atoms with E-state index >= 15 is 0 Å². The molecule has 0 spiro atoms. The summed E-state index contributed by atoms with van der Waals surface area (Å²) in [5.74, 6) is 0. The van der Waals surface area contributed by atoms with E-state index in [2.05, 4.69) is 6.58 Å². The van der Waals surface area contributed by atoms with Crippen LogP contribution in [0.1, 0.15) is 45.4 Å². The molecule has 0 aromatic heterocycles. The highest BCUT2D eigenvalue weighted by atomic mass is 19.1. The van der Waals surface area contributed by atoms with Crippen molar-refractivity contribution in [1.29, 1.82) is 0 Å². The Morgan fingerprint density at radius 3 is 2.00 bits per heavy atom. The monoisotopic (exact) mass is 156 g/mol. The van der Waals surface area contributed by atoms with Crippen molar-refractivity contribution >= 4 is 0 Å². The van der Waals surface area contributed by atoms with Crippen molar-refractivity contribution in [3.63, 3.8) is 0 Å². The molecule has 11 heavy (non-hydrogen) atoms. The average Bonchev–Trinajstić information content (AvgIpc) is 2.15. The van der Waals surface area contributed by atoms with Crippen molar-refractivity contribution in [3.8, 4) is 0 Å². The zero-order valence-electron chi connectivity index (χ0n) is 7.33. The Hall–Kier alpha value is -0.330.